The molecule has 1 amide bonds. The van der Waals surface area contributed by atoms with Crippen LogP contribution in [0.3, 0.4) is 0 Å². The van der Waals surface area contributed by atoms with E-state index >= 15 is 0 Å². The lowest BCUT2D eigenvalue weighted by Crippen LogP contribution is -2.68. The molecule has 0 bridgehead atoms. The van der Waals surface area contributed by atoms with Crippen molar-refractivity contribution in [2.75, 3.05) is 25.0 Å². The van der Waals surface area contributed by atoms with Gasteiger partial charge in [0.15, 0.2) is 5.84 Å². The monoisotopic (exact) mass is 492 g/mol. The highest BCUT2D eigenvalue weighted by Gasteiger charge is 2.47. The van der Waals surface area contributed by atoms with Crippen LogP contribution in [0, 0.1) is 0 Å². The number of benzene rings is 2. The van der Waals surface area contributed by atoms with E-state index in [1.54, 1.807) is 45.0 Å². The van der Waals surface area contributed by atoms with E-state index in [1.165, 1.54) is 22.2 Å². The molecule has 9 nitrogen and oxygen atoms in total. The van der Waals surface area contributed by atoms with Gasteiger partial charge >= 0.3 is 12.3 Å². The van der Waals surface area contributed by atoms with Crippen LogP contribution in [0.15, 0.2) is 53.6 Å². The molecule has 12 heteroatoms. The van der Waals surface area contributed by atoms with E-state index in [-0.39, 0.29) is 19.6 Å². The predicted octanol–water partition coefficient (Wildman–Crippen LogP) is 3.42. The van der Waals surface area contributed by atoms with Crippen LogP contribution in [0.4, 0.5) is 29.3 Å². The number of rotatable bonds is 5. The largest absolute Gasteiger partial charge is 0.444 e. The van der Waals surface area contributed by atoms with Crippen LogP contribution < -0.4 is 16.3 Å². The number of ether oxygens (including phenoxy) is 1. The van der Waals surface area contributed by atoms with Gasteiger partial charge in [0.25, 0.3) is 0 Å². The fourth-order valence-electron chi connectivity index (χ4n) is 3.68. The molecule has 2 aromatic carbocycles. The van der Waals surface area contributed by atoms with Gasteiger partial charge < -0.3 is 20.1 Å². The van der Waals surface area contributed by atoms with E-state index in [0.29, 0.717) is 22.8 Å². The number of alkyl halides is 3. The Morgan fingerprint density at radius 3 is 2.43 bits per heavy atom. The highest BCUT2D eigenvalue weighted by Crippen LogP contribution is 2.31. The van der Waals surface area contributed by atoms with Gasteiger partial charge in [-0.15, -0.1) is 10.6 Å². The standard InChI is InChI=1S/C23H27F3N6O3/c1-21(2,3)35-20(33)31-12-22(34,13-31)14-32-29-19(28-30-32)17-6-4-5-7-18(17)27-16-10-8-15(9-11-16)23(24,25)26/h4-11,27,30,34H,12-14H2,1-3H3,(H,28,29). The van der Waals surface area contributed by atoms with Crippen molar-refractivity contribution in [2.45, 2.75) is 38.1 Å². The Bertz CT molecular complexity index is 1110. The Labute approximate surface area is 200 Å². The molecular formula is C23H27F3N6O3. The minimum Gasteiger partial charge on any atom is -0.444 e. The van der Waals surface area contributed by atoms with Crippen molar-refractivity contribution in [1.82, 2.24) is 21.0 Å². The van der Waals surface area contributed by atoms with E-state index < -0.39 is 29.0 Å². The number of β-amino-alcohol motifs (C(OH)–C–C–N with tert-alkyl or cyclic N) is 1. The van der Waals surface area contributed by atoms with Gasteiger partial charge in [-0.1, -0.05) is 12.1 Å². The van der Waals surface area contributed by atoms with Crippen molar-refractivity contribution in [1.29, 1.82) is 0 Å². The molecule has 0 unspecified atom stereocenters. The number of hydrogen-bond acceptors (Lipinski definition) is 8. The highest BCUT2D eigenvalue weighted by atomic mass is 19.4. The van der Waals surface area contributed by atoms with Gasteiger partial charge in [-0.25, -0.2) is 9.91 Å². The van der Waals surface area contributed by atoms with Crippen LogP contribution in [-0.2, 0) is 10.9 Å². The quantitative estimate of drug-likeness (QED) is 0.508. The van der Waals surface area contributed by atoms with E-state index in [9.17, 15) is 23.1 Å². The van der Waals surface area contributed by atoms with Gasteiger partial charge in [-0.3, -0.25) is 5.43 Å². The first-order valence-corrected chi connectivity index (χ1v) is 10.9. The number of carbonyl (C=O) groups is 1. The van der Waals surface area contributed by atoms with Gasteiger partial charge in [0.2, 0.25) is 0 Å². The van der Waals surface area contributed by atoms with Crippen LogP contribution >= 0.6 is 0 Å². The second-order valence-electron chi connectivity index (χ2n) is 9.55. The minimum atomic E-state index is -4.40. The van der Waals surface area contributed by atoms with Gasteiger partial charge in [-0.05, 0) is 57.2 Å². The first kappa shape index (κ1) is 24.6. The Balaban J connectivity index is 1.40. The zero-order valence-electron chi connectivity index (χ0n) is 19.5. The SMILES string of the molecule is CC(C)(C)OC(=O)N1CC(O)(CN2N=C(c3ccccc3Nc3ccc(C(F)(F)F)cc3)NN2)C1. The first-order valence-electron chi connectivity index (χ1n) is 10.9. The third-order valence-electron chi connectivity index (χ3n) is 5.26. The molecule has 4 N–H and O–H groups in total. The van der Waals surface area contributed by atoms with Crippen molar-refractivity contribution >= 4 is 23.3 Å². The number of anilines is 2. The number of para-hydroxylation sites is 1. The summed E-state index contributed by atoms with van der Waals surface area (Å²) in [5.41, 5.74) is 5.06. The molecule has 0 radical (unpaired) electrons. The maximum absolute atomic E-state index is 12.8. The molecule has 2 heterocycles. The number of nitrogens with zero attached hydrogens (tertiary/aromatic N) is 3. The number of hydrazone groups is 1. The van der Waals surface area contributed by atoms with Crippen LogP contribution in [0.1, 0.15) is 31.9 Å². The summed E-state index contributed by atoms with van der Waals surface area (Å²) in [6, 6.07) is 11.9. The van der Waals surface area contributed by atoms with Crippen LogP contribution in [-0.4, -0.2) is 57.9 Å². The number of hydrogen-bond donors (Lipinski definition) is 4. The maximum Gasteiger partial charge on any atom is 0.416 e. The molecule has 2 aliphatic rings. The lowest BCUT2D eigenvalue weighted by Gasteiger charge is -2.46. The molecule has 0 aliphatic carbocycles. The number of hydrazine groups is 2. The summed E-state index contributed by atoms with van der Waals surface area (Å²) >= 11 is 0. The average molecular weight is 493 g/mol. The summed E-state index contributed by atoms with van der Waals surface area (Å²) in [5, 5.41) is 19.7. The smallest absolute Gasteiger partial charge is 0.416 e. The van der Waals surface area contributed by atoms with E-state index in [2.05, 4.69) is 21.4 Å². The van der Waals surface area contributed by atoms with Gasteiger partial charge in [0, 0.05) is 16.9 Å². The van der Waals surface area contributed by atoms with Gasteiger partial charge in [0.05, 0.1) is 25.2 Å². The third-order valence-corrected chi connectivity index (χ3v) is 5.26. The molecule has 2 aliphatic heterocycles. The predicted molar refractivity (Wildman–Crippen MR) is 123 cm³/mol. The normalized spacial score (nSPS) is 17.4. The van der Waals surface area contributed by atoms with Crippen molar-refractivity contribution in [3.05, 3.63) is 59.7 Å². The highest BCUT2D eigenvalue weighted by molar-refractivity contribution is 6.04. The molecular weight excluding hydrogens is 465 g/mol. The Morgan fingerprint density at radius 2 is 1.80 bits per heavy atom. The second kappa shape index (κ2) is 8.93. The number of amides is 1. The fraction of sp³-hybridized carbons (Fsp3) is 0.391. The van der Waals surface area contributed by atoms with Crippen LogP contribution in [0.25, 0.3) is 0 Å². The number of aliphatic hydroxyl groups is 1. The minimum absolute atomic E-state index is 0.108. The molecule has 1 fully saturated rings. The number of nitrogens with one attached hydrogen (secondary N) is 3. The molecule has 1 saturated heterocycles. The second-order valence-corrected chi connectivity index (χ2v) is 9.55. The zero-order chi connectivity index (χ0) is 25.4. The lowest BCUT2D eigenvalue weighted by atomic mass is 9.95. The van der Waals surface area contributed by atoms with Crippen molar-refractivity contribution in [3.63, 3.8) is 0 Å². The van der Waals surface area contributed by atoms with Crippen molar-refractivity contribution in [2.24, 2.45) is 5.10 Å². The van der Waals surface area contributed by atoms with Crippen molar-refractivity contribution in [3.8, 4) is 0 Å². The summed E-state index contributed by atoms with van der Waals surface area (Å²) < 4.78 is 43.8. The molecule has 0 saturated carbocycles. The molecule has 0 atom stereocenters. The Kier molecular flexibility index (Phi) is 6.28. The summed E-state index contributed by atoms with van der Waals surface area (Å²) in [6.07, 6.45) is -4.88. The molecule has 0 aromatic heterocycles. The third kappa shape index (κ3) is 5.95. The Hall–Kier alpha value is -3.51. The first-order chi connectivity index (χ1) is 16.3. The van der Waals surface area contributed by atoms with Gasteiger partial charge in [-0.2, -0.15) is 13.2 Å². The maximum atomic E-state index is 12.8. The molecule has 0 spiro atoms. The summed E-state index contributed by atoms with van der Waals surface area (Å²) in [4.78, 5) is 13.5. The Morgan fingerprint density at radius 1 is 1.14 bits per heavy atom. The molecule has 35 heavy (non-hydrogen) atoms. The van der Waals surface area contributed by atoms with Gasteiger partial charge in [0.1, 0.15) is 11.2 Å². The van der Waals surface area contributed by atoms with Crippen LogP contribution in [0.5, 0.6) is 0 Å². The molecule has 4 rings (SSSR count). The average Bonchev–Trinajstić information content (AvgIpc) is 3.19. The van der Waals surface area contributed by atoms with Crippen LogP contribution in [0.2, 0.25) is 0 Å². The zero-order valence-corrected chi connectivity index (χ0v) is 19.5. The van der Waals surface area contributed by atoms with E-state index in [0.717, 1.165) is 12.1 Å². The van der Waals surface area contributed by atoms with E-state index in [4.69, 9.17) is 4.74 Å². The summed E-state index contributed by atoms with van der Waals surface area (Å²) in [6.45, 7) is 5.65. The number of amidine groups is 1. The fourth-order valence-corrected chi connectivity index (χ4v) is 3.68. The molecule has 2 aromatic rings. The van der Waals surface area contributed by atoms with E-state index in [1.807, 2.05) is 0 Å². The summed E-state index contributed by atoms with van der Waals surface area (Å²) in [7, 11) is 0. The number of halogens is 3. The summed E-state index contributed by atoms with van der Waals surface area (Å²) in [5.74, 6) is 0.451. The number of likely N-dealkylation sites (tertiary alicyclic amines) is 1. The van der Waals surface area contributed by atoms with Crippen molar-refractivity contribution < 1.29 is 27.8 Å². The lowest BCUT2D eigenvalue weighted by molar-refractivity contribution is -0.137. The molecule has 188 valence electrons. The topological polar surface area (TPSA) is 101 Å². The number of carbonyl (C=O) groups excluding carboxylic acids is 1.